The van der Waals surface area contributed by atoms with Crippen molar-refractivity contribution >= 4 is 23.2 Å². The minimum absolute atomic E-state index is 0.130. The fourth-order valence-electron chi connectivity index (χ4n) is 4.17. The molecule has 0 aliphatic heterocycles. The summed E-state index contributed by atoms with van der Waals surface area (Å²) in [7, 11) is 0. The van der Waals surface area contributed by atoms with Gasteiger partial charge in [0.05, 0.1) is 0 Å². The lowest BCUT2D eigenvalue weighted by Gasteiger charge is -2.25. The lowest BCUT2D eigenvalue weighted by atomic mass is 9.82. The third kappa shape index (κ3) is 5.09. The summed E-state index contributed by atoms with van der Waals surface area (Å²) in [5.41, 5.74) is 1.61. The highest BCUT2D eigenvalue weighted by molar-refractivity contribution is 5.94. The zero-order valence-corrected chi connectivity index (χ0v) is 16.1. The summed E-state index contributed by atoms with van der Waals surface area (Å²) in [4.78, 5) is 24.8. The highest BCUT2D eigenvalue weighted by Gasteiger charge is 2.25. The number of rotatable bonds is 4. The molecule has 0 heterocycles. The molecule has 4 nitrogen and oxygen atoms in total. The molecule has 2 fully saturated rings. The molecular formula is C22H32N2O2. The SMILES string of the molecule is C[C@H]1CC[C@H](C(=O)Nc2ccc(NC(=O)[C@H]3CC[C@H](C)CC3)cc2)CC1. The lowest BCUT2D eigenvalue weighted by Crippen LogP contribution is -2.27. The van der Waals surface area contributed by atoms with Gasteiger partial charge >= 0.3 is 0 Å². The van der Waals surface area contributed by atoms with Gasteiger partial charge in [-0.3, -0.25) is 9.59 Å². The molecule has 2 N–H and O–H groups in total. The second-order valence-corrected chi connectivity index (χ2v) is 8.47. The Bertz CT molecular complexity index is 555. The number of hydrogen-bond acceptors (Lipinski definition) is 2. The van der Waals surface area contributed by atoms with Crippen molar-refractivity contribution in [2.45, 2.75) is 65.2 Å². The average molecular weight is 357 g/mol. The summed E-state index contributed by atoms with van der Waals surface area (Å²) in [6, 6.07) is 7.51. The maximum absolute atomic E-state index is 12.4. The topological polar surface area (TPSA) is 58.2 Å². The standard InChI is InChI=1S/C22H32N2O2/c1-15-3-7-17(8-4-15)21(25)23-19-11-13-20(14-12-19)24-22(26)18-9-5-16(2)6-10-18/h11-18H,3-10H2,1-2H3,(H,23,25)(H,24,26)/t15-,16-,17-,18-. The van der Waals surface area contributed by atoms with Gasteiger partial charge in [-0.1, -0.05) is 13.8 Å². The second kappa shape index (κ2) is 8.70. The van der Waals surface area contributed by atoms with E-state index in [1.54, 1.807) is 0 Å². The molecule has 2 amide bonds. The van der Waals surface area contributed by atoms with Gasteiger partial charge in [0.25, 0.3) is 0 Å². The smallest absolute Gasteiger partial charge is 0.227 e. The van der Waals surface area contributed by atoms with Gasteiger partial charge in [0.2, 0.25) is 11.8 Å². The van der Waals surface area contributed by atoms with Crippen LogP contribution in [-0.2, 0) is 9.59 Å². The van der Waals surface area contributed by atoms with Crippen molar-refractivity contribution in [3.8, 4) is 0 Å². The zero-order valence-electron chi connectivity index (χ0n) is 16.1. The van der Waals surface area contributed by atoms with Crippen molar-refractivity contribution in [3.63, 3.8) is 0 Å². The minimum Gasteiger partial charge on any atom is -0.326 e. The predicted octanol–water partition coefficient (Wildman–Crippen LogP) is 5.22. The Kier molecular flexibility index (Phi) is 6.33. The van der Waals surface area contributed by atoms with Crippen molar-refractivity contribution in [2.75, 3.05) is 10.6 Å². The van der Waals surface area contributed by atoms with Crippen LogP contribution in [0.5, 0.6) is 0 Å². The molecule has 2 saturated carbocycles. The molecule has 0 unspecified atom stereocenters. The molecule has 2 aliphatic rings. The zero-order chi connectivity index (χ0) is 18.5. The number of anilines is 2. The highest BCUT2D eigenvalue weighted by Crippen LogP contribution is 2.30. The molecule has 142 valence electrons. The van der Waals surface area contributed by atoms with Gasteiger partial charge in [-0.25, -0.2) is 0 Å². The quantitative estimate of drug-likeness (QED) is 0.777. The molecule has 0 spiro atoms. The molecule has 2 aliphatic carbocycles. The first-order valence-corrected chi connectivity index (χ1v) is 10.2. The van der Waals surface area contributed by atoms with E-state index in [2.05, 4.69) is 24.5 Å². The Hall–Kier alpha value is -1.84. The second-order valence-electron chi connectivity index (χ2n) is 8.47. The normalized spacial score (nSPS) is 29.0. The van der Waals surface area contributed by atoms with Crippen molar-refractivity contribution in [1.29, 1.82) is 0 Å². The molecule has 0 atom stereocenters. The number of benzene rings is 1. The molecule has 1 aromatic rings. The van der Waals surface area contributed by atoms with Crippen LogP contribution < -0.4 is 10.6 Å². The molecule has 4 heteroatoms. The first kappa shape index (κ1) is 18.9. The Labute approximate surface area is 157 Å². The van der Waals surface area contributed by atoms with Gasteiger partial charge in [-0.15, -0.1) is 0 Å². The first-order chi connectivity index (χ1) is 12.5. The Balaban J connectivity index is 1.48. The van der Waals surface area contributed by atoms with E-state index in [1.165, 1.54) is 0 Å². The van der Waals surface area contributed by atoms with Crippen molar-refractivity contribution in [2.24, 2.45) is 23.7 Å². The van der Waals surface area contributed by atoms with Crippen LogP contribution in [0.1, 0.15) is 65.2 Å². The Morgan fingerprint density at radius 3 is 1.27 bits per heavy atom. The summed E-state index contributed by atoms with van der Waals surface area (Å²) < 4.78 is 0. The Morgan fingerprint density at radius 1 is 0.654 bits per heavy atom. The lowest BCUT2D eigenvalue weighted by molar-refractivity contribution is -0.121. The average Bonchev–Trinajstić information content (AvgIpc) is 2.64. The van der Waals surface area contributed by atoms with Crippen molar-refractivity contribution in [1.82, 2.24) is 0 Å². The molecular weight excluding hydrogens is 324 g/mol. The maximum Gasteiger partial charge on any atom is 0.227 e. The number of amides is 2. The van der Waals surface area contributed by atoms with Crippen LogP contribution in [0.3, 0.4) is 0 Å². The molecule has 1 aromatic carbocycles. The van der Waals surface area contributed by atoms with E-state index in [0.717, 1.165) is 74.6 Å². The summed E-state index contributed by atoms with van der Waals surface area (Å²) in [5.74, 6) is 2.03. The van der Waals surface area contributed by atoms with Gasteiger partial charge in [-0.2, -0.15) is 0 Å². The van der Waals surface area contributed by atoms with Crippen molar-refractivity contribution < 1.29 is 9.59 Å². The van der Waals surface area contributed by atoms with E-state index in [4.69, 9.17) is 0 Å². The van der Waals surface area contributed by atoms with E-state index in [1.807, 2.05) is 24.3 Å². The van der Waals surface area contributed by atoms with E-state index in [-0.39, 0.29) is 23.7 Å². The number of carbonyl (C=O) groups is 2. The van der Waals surface area contributed by atoms with E-state index in [9.17, 15) is 9.59 Å². The molecule has 26 heavy (non-hydrogen) atoms. The molecule has 3 rings (SSSR count). The summed E-state index contributed by atoms with van der Waals surface area (Å²) in [6.45, 7) is 4.52. The summed E-state index contributed by atoms with van der Waals surface area (Å²) in [5, 5.41) is 6.05. The summed E-state index contributed by atoms with van der Waals surface area (Å²) >= 11 is 0. The number of hydrogen-bond donors (Lipinski definition) is 2. The van der Waals surface area contributed by atoms with Gasteiger partial charge in [0.15, 0.2) is 0 Å². The van der Waals surface area contributed by atoms with E-state index in [0.29, 0.717) is 0 Å². The fourth-order valence-corrected chi connectivity index (χ4v) is 4.17. The van der Waals surface area contributed by atoms with Gasteiger partial charge < -0.3 is 10.6 Å². The minimum atomic E-state index is 0.130. The first-order valence-electron chi connectivity index (χ1n) is 10.2. The molecule has 0 saturated heterocycles. The number of carbonyl (C=O) groups excluding carboxylic acids is 2. The van der Waals surface area contributed by atoms with Crippen LogP contribution in [0.25, 0.3) is 0 Å². The third-order valence-electron chi connectivity index (χ3n) is 6.19. The van der Waals surface area contributed by atoms with Crippen LogP contribution in [-0.4, -0.2) is 11.8 Å². The fraction of sp³-hybridized carbons (Fsp3) is 0.636. The van der Waals surface area contributed by atoms with Crippen LogP contribution in [0.15, 0.2) is 24.3 Å². The molecule has 0 aromatic heterocycles. The van der Waals surface area contributed by atoms with E-state index >= 15 is 0 Å². The maximum atomic E-state index is 12.4. The highest BCUT2D eigenvalue weighted by atomic mass is 16.2. The van der Waals surface area contributed by atoms with Crippen LogP contribution in [0.4, 0.5) is 11.4 Å². The third-order valence-corrected chi connectivity index (χ3v) is 6.19. The predicted molar refractivity (Wildman–Crippen MR) is 106 cm³/mol. The Morgan fingerprint density at radius 2 is 0.962 bits per heavy atom. The van der Waals surface area contributed by atoms with Gasteiger partial charge in [0.1, 0.15) is 0 Å². The largest absolute Gasteiger partial charge is 0.326 e. The van der Waals surface area contributed by atoms with Crippen LogP contribution in [0, 0.1) is 23.7 Å². The van der Waals surface area contributed by atoms with E-state index < -0.39 is 0 Å². The van der Waals surface area contributed by atoms with Gasteiger partial charge in [0, 0.05) is 23.2 Å². The van der Waals surface area contributed by atoms with Crippen molar-refractivity contribution in [3.05, 3.63) is 24.3 Å². The monoisotopic (exact) mass is 356 g/mol. The molecule has 0 bridgehead atoms. The number of nitrogens with one attached hydrogen (secondary N) is 2. The van der Waals surface area contributed by atoms with Crippen LogP contribution in [0.2, 0.25) is 0 Å². The summed E-state index contributed by atoms with van der Waals surface area (Å²) in [6.07, 6.45) is 8.52. The van der Waals surface area contributed by atoms with Crippen LogP contribution >= 0.6 is 0 Å². The molecule has 0 radical (unpaired) electrons. The van der Waals surface area contributed by atoms with Gasteiger partial charge in [-0.05, 0) is 87.5 Å².